The minimum atomic E-state index is -0.374. The van der Waals surface area contributed by atoms with Crippen LogP contribution in [0.1, 0.15) is 35.7 Å². The third kappa shape index (κ3) is 4.15. The second-order valence-electron chi connectivity index (χ2n) is 4.74. The van der Waals surface area contributed by atoms with E-state index >= 15 is 0 Å². The summed E-state index contributed by atoms with van der Waals surface area (Å²) in [5, 5.41) is 4.54. The highest BCUT2D eigenvalue weighted by molar-refractivity contribution is 6.33. The number of amides is 1. The predicted molar refractivity (Wildman–Crippen MR) is 86.8 cm³/mol. The van der Waals surface area contributed by atoms with E-state index in [9.17, 15) is 9.18 Å². The number of halogens is 2. The molecule has 22 heavy (non-hydrogen) atoms. The fourth-order valence-electron chi connectivity index (χ4n) is 1.97. The average molecular weight is 319 g/mol. The van der Waals surface area contributed by atoms with Crippen LogP contribution in [0, 0.1) is 5.82 Å². The Bertz CT molecular complexity index is 683. The molecule has 0 aliphatic carbocycles. The quantitative estimate of drug-likeness (QED) is 0.643. The van der Waals surface area contributed by atoms with Gasteiger partial charge in [-0.2, -0.15) is 5.10 Å². The molecule has 0 spiro atoms. The van der Waals surface area contributed by atoms with Crippen molar-refractivity contribution in [3.63, 3.8) is 0 Å². The van der Waals surface area contributed by atoms with Crippen LogP contribution >= 0.6 is 11.6 Å². The number of hydrogen-bond donors (Lipinski definition) is 1. The number of nitrogens with one attached hydrogen (secondary N) is 1. The first-order valence-electron chi connectivity index (χ1n) is 6.99. The van der Waals surface area contributed by atoms with Crippen molar-refractivity contribution < 1.29 is 9.18 Å². The summed E-state index contributed by atoms with van der Waals surface area (Å²) in [6, 6.07) is 12.8. The van der Waals surface area contributed by atoms with Gasteiger partial charge in [0.05, 0.1) is 16.3 Å². The maximum Gasteiger partial charge on any atom is 0.272 e. The molecule has 0 fully saturated rings. The molecule has 0 aliphatic heterocycles. The van der Waals surface area contributed by atoms with E-state index in [-0.39, 0.29) is 11.7 Å². The highest BCUT2D eigenvalue weighted by Gasteiger charge is 2.10. The summed E-state index contributed by atoms with van der Waals surface area (Å²) < 4.78 is 13.0. The Hall–Kier alpha value is -2.20. The van der Waals surface area contributed by atoms with Crippen LogP contribution in [0.2, 0.25) is 5.02 Å². The van der Waals surface area contributed by atoms with Crippen molar-refractivity contribution >= 4 is 23.2 Å². The zero-order valence-electron chi connectivity index (χ0n) is 12.1. The molecule has 0 heterocycles. The van der Waals surface area contributed by atoms with E-state index in [0.29, 0.717) is 22.7 Å². The molecule has 2 aromatic carbocycles. The molecule has 0 unspecified atom stereocenters. The summed E-state index contributed by atoms with van der Waals surface area (Å²) in [7, 11) is 0. The van der Waals surface area contributed by atoms with Gasteiger partial charge in [-0.25, -0.2) is 9.82 Å². The average Bonchev–Trinajstić information content (AvgIpc) is 2.52. The van der Waals surface area contributed by atoms with Crippen LogP contribution in [0.5, 0.6) is 0 Å². The monoisotopic (exact) mass is 318 g/mol. The number of rotatable bonds is 5. The molecule has 0 bridgehead atoms. The topological polar surface area (TPSA) is 41.5 Å². The molecule has 0 aromatic heterocycles. The van der Waals surface area contributed by atoms with Crippen LogP contribution in [0.3, 0.4) is 0 Å². The Morgan fingerprint density at radius 1 is 1.18 bits per heavy atom. The summed E-state index contributed by atoms with van der Waals surface area (Å²) >= 11 is 5.98. The van der Waals surface area contributed by atoms with E-state index < -0.39 is 0 Å². The minimum absolute atomic E-state index is 0.306. The fourth-order valence-corrected chi connectivity index (χ4v) is 2.19. The maximum atomic E-state index is 13.0. The van der Waals surface area contributed by atoms with Gasteiger partial charge in [-0.05, 0) is 36.2 Å². The van der Waals surface area contributed by atoms with Gasteiger partial charge in [-0.1, -0.05) is 49.2 Å². The Morgan fingerprint density at radius 3 is 2.50 bits per heavy atom. The van der Waals surface area contributed by atoms with E-state index in [2.05, 4.69) is 10.5 Å². The largest absolute Gasteiger partial charge is 0.272 e. The summed E-state index contributed by atoms with van der Waals surface area (Å²) in [4.78, 5) is 12.1. The molecule has 1 N–H and O–H groups in total. The Morgan fingerprint density at radius 2 is 1.86 bits per heavy atom. The second-order valence-corrected chi connectivity index (χ2v) is 5.14. The number of carbonyl (C=O) groups is 1. The number of benzene rings is 2. The van der Waals surface area contributed by atoms with Crippen molar-refractivity contribution in [1.82, 2.24) is 5.43 Å². The van der Waals surface area contributed by atoms with E-state index in [0.717, 1.165) is 12.0 Å². The van der Waals surface area contributed by atoms with Gasteiger partial charge in [0.1, 0.15) is 5.82 Å². The Labute approximate surface area is 133 Å². The smallest absolute Gasteiger partial charge is 0.267 e. The molecular formula is C17H16ClFN2O. The summed E-state index contributed by atoms with van der Waals surface area (Å²) in [6.45, 7) is 2.01. The van der Waals surface area contributed by atoms with Crippen LogP contribution in [-0.2, 0) is 0 Å². The lowest BCUT2D eigenvalue weighted by Gasteiger charge is -2.07. The third-order valence-corrected chi connectivity index (χ3v) is 3.40. The lowest BCUT2D eigenvalue weighted by atomic mass is 10.1. The van der Waals surface area contributed by atoms with E-state index in [1.54, 1.807) is 36.4 Å². The number of nitrogens with zero attached hydrogens (tertiary/aromatic N) is 1. The van der Waals surface area contributed by atoms with Crippen LogP contribution in [0.25, 0.3) is 0 Å². The first-order valence-corrected chi connectivity index (χ1v) is 7.37. The lowest BCUT2D eigenvalue weighted by molar-refractivity contribution is 0.0955. The molecule has 5 heteroatoms. The molecule has 114 valence electrons. The maximum absolute atomic E-state index is 13.0. The molecule has 2 aromatic rings. The minimum Gasteiger partial charge on any atom is -0.267 e. The van der Waals surface area contributed by atoms with E-state index in [1.807, 2.05) is 6.92 Å². The summed E-state index contributed by atoms with van der Waals surface area (Å²) in [6.07, 6.45) is 1.53. The van der Waals surface area contributed by atoms with Gasteiger partial charge in [-0.3, -0.25) is 4.79 Å². The normalized spacial score (nSPS) is 11.3. The Balaban J connectivity index is 2.18. The third-order valence-electron chi connectivity index (χ3n) is 3.08. The van der Waals surface area contributed by atoms with Crippen molar-refractivity contribution in [2.45, 2.75) is 19.8 Å². The van der Waals surface area contributed by atoms with Gasteiger partial charge in [0, 0.05) is 0 Å². The molecule has 2 rings (SSSR count). The molecule has 3 nitrogen and oxygen atoms in total. The highest BCUT2D eigenvalue weighted by Crippen LogP contribution is 2.14. The van der Waals surface area contributed by atoms with Crippen molar-refractivity contribution in [2.75, 3.05) is 0 Å². The molecule has 0 aliphatic rings. The van der Waals surface area contributed by atoms with Gasteiger partial charge >= 0.3 is 0 Å². The second kappa shape index (κ2) is 7.71. The van der Waals surface area contributed by atoms with Gasteiger partial charge in [-0.15, -0.1) is 0 Å². The fraction of sp³-hybridized carbons (Fsp3) is 0.176. The van der Waals surface area contributed by atoms with Gasteiger partial charge < -0.3 is 0 Å². The lowest BCUT2D eigenvalue weighted by Crippen LogP contribution is -2.20. The zero-order chi connectivity index (χ0) is 15.9. The van der Waals surface area contributed by atoms with Crippen LogP contribution in [0.15, 0.2) is 53.6 Å². The van der Waals surface area contributed by atoms with Crippen molar-refractivity contribution in [2.24, 2.45) is 5.10 Å². The summed E-state index contributed by atoms with van der Waals surface area (Å²) in [5.74, 6) is -0.680. The predicted octanol–water partition coefficient (Wildman–Crippen LogP) is 4.41. The molecule has 0 radical (unpaired) electrons. The van der Waals surface area contributed by atoms with Crippen molar-refractivity contribution in [3.8, 4) is 0 Å². The number of hydrogen-bond acceptors (Lipinski definition) is 2. The first-order chi connectivity index (χ1) is 10.6. The Kier molecular flexibility index (Phi) is 5.67. The number of carbonyl (C=O) groups excluding carboxylic acids is 1. The zero-order valence-corrected chi connectivity index (χ0v) is 12.9. The molecule has 0 atom stereocenters. The molecule has 1 amide bonds. The van der Waals surface area contributed by atoms with Crippen LogP contribution in [0.4, 0.5) is 4.39 Å². The standard InChI is InChI=1S/C17H16ClFN2O/c1-2-5-16(12-8-10-13(19)11-9-12)20-21-17(22)14-6-3-4-7-15(14)18/h3-4,6-11H,2,5H2,1H3,(H,21,22)/b20-16-. The number of hydrazone groups is 1. The van der Waals surface area contributed by atoms with Crippen LogP contribution < -0.4 is 5.43 Å². The van der Waals surface area contributed by atoms with Gasteiger partial charge in [0.15, 0.2) is 0 Å². The first kappa shape index (κ1) is 16.2. The summed E-state index contributed by atoms with van der Waals surface area (Å²) in [5.41, 5.74) is 4.35. The highest BCUT2D eigenvalue weighted by atomic mass is 35.5. The van der Waals surface area contributed by atoms with E-state index in [1.165, 1.54) is 12.1 Å². The van der Waals surface area contributed by atoms with E-state index in [4.69, 9.17) is 11.6 Å². The van der Waals surface area contributed by atoms with Gasteiger partial charge in [0.25, 0.3) is 5.91 Å². The van der Waals surface area contributed by atoms with Gasteiger partial charge in [0.2, 0.25) is 0 Å². The van der Waals surface area contributed by atoms with Crippen molar-refractivity contribution in [1.29, 1.82) is 0 Å². The van der Waals surface area contributed by atoms with Crippen molar-refractivity contribution in [3.05, 3.63) is 70.5 Å². The van der Waals surface area contributed by atoms with Crippen LogP contribution in [-0.4, -0.2) is 11.6 Å². The molecule has 0 saturated heterocycles. The molecule has 0 saturated carbocycles. The molecular weight excluding hydrogens is 303 g/mol. The SMILES string of the molecule is CCC/C(=N/NC(=O)c1ccccc1Cl)c1ccc(F)cc1.